The summed E-state index contributed by atoms with van der Waals surface area (Å²) >= 11 is 12.2. The molecular formula is C13H13Cl2N2O3S+. The molecule has 0 saturated heterocycles. The SMILES string of the molecule is COc1cc[n+](-c2cc(C)c(Cl)cc2Cl)cc1S(N)(=O)=O. The topological polar surface area (TPSA) is 73.3 Å². The molecule has 5 nitrogen and oxygen atoms in total. The second-order valence-corrected chi connectivity index (χ2v) is 6.73. The summed E-state index contributed by atoms with van der Waals surface area (Å²) in [6.45, 7) is 1.83. The van der Waals surface area contributed by atoms with Crippen molar-refractivity contribution in [3.63, 3.8) is 0 Å². The van der Waals surface area contributed by atoms with Crippen LogP contribution in [-0.4, -0.2) is 15.5 Å². The number of halogens is 2. The lowest BCUT2D eigenvalue weighted by molar-refractivity contribution is -0.597. The maximum atomic E-state index is 11.6. The van der Waals surface area contributed by atoms with Crippen molar-refractivity contribution in [2.24, 2.45) is 5.14 Å². The fraction of sp³-hybridized carbons (Fsp3) is 0.154. The number of primary sulfonamides is 1. The molecule has 1 heterocycles. The number of nitrogens with zero attached hydrogens (tertiary/aromatic N) is 1. The van der Waals surface area contributed by atoms with Gasteiger partial charge in [0.05, 0.1) is 7.11 Å². The van der Waals surface area contributed by atoms with Crippen molar-refractivity contribution in [3.05, 3.63) is 46.2 Å². The van der Waals surface area contributed by atoms with Crippen LogP contribution >= 0.6 is 23.2 Å². The van der Waals surface area contributed by atoms with E-state index >= 15 is 0 Å². The van der Waals surface area contributed by atoms with Crippen molar-refractivity contribution in [2.45, 2.75) is 11.8 Å². The minimum absolute atomic E-state index is 0.129. The highest BCUT2D eigenvalue weighted by Gasteiger charge is 2.22. The summed E-state index contributed by atoms with van der Waals surface area (Å²) in [5.74, 6) is 0.163. The van der Waals surface area contributed by atoms with Crippen LogP contribution in [0.5, 0.6) is 5.75 Å². The quantitative estimate of drug-likeness (QED) is 0.865. The third-order valence-electron chi connectivity index (χ3n) is 2.92. The number of sulfonamides is 1. The fourth-order valence-electron chi connectivity index (χ4n) is 1.84. The Balaban J connectivity index is 2.69. The second-order valence-electron chi connectivity index (χ2n) is 4.38. The van der Waals surface area contributed by atoms with Crippen molar-refractivity contribution in [1.29, 1.82) is 0 Å². The number of methoxy groups -OCH3 is 1. The van der Waals surface area contributed by atoms with Gasteiger partial charge in [0.25, 0.3) is 0 Å². The summed E-state index contributed by atoms with van der Waals surface area (Å²) in [5, 5.41) is 6.12. The monoisotopic (exact) mass is 347 g/mol. The van der Waals surface area contributed by atoms with E-state index in [1.807, 2.05) is 6.92 Å². The summed E-state index contributed by atoms with van der Waals surface area (Å²) < 4.78 is 29.8. The molecule has 0 aliphatic rings. The van der Waals surface area contributed by atoms with Crippen LogP contribution in [0.2, 0.25) is 10.0 Å². The Kier molecular flexibility index (Phi) is 4.43. The van der Waals surface area contributed by atoms with Gasteiger partial charge in [-0.25, -0.2) is 13.6 Å². The summed E-state index contributed by atoms with van der Waals surface area (Å²) in [4.78, 5) is -0.129. The number of nitrogens with two attached hydrogens (primary N) is 1. The highest BCUT2D eigenvalue weighted by molar-refractivity contribution is 7.89. The smallest absolute Gasteiger partial charge is 0.247 e. The number of hydrogen-bond acceptors (Lipinski definition) is 3. The van der Waals surface area contributed by atoms with Gasteiger partial charge in [-0.05, 0) is 18.6 Å². The third kappa shape index (κ3) is 3.29. The second kappa shape index (κ2) is 5.81. The number of pyridine rings is 1. The van der Waals surface area contributed by atoms with Crippen LogP contribution in [0, 0.1) is 6.92 Å². The van der Waals surface area contributed by atoms with Gasteiger partial charge in [-0.1, -0.05) is 23.2 Å². The normalized spacial score (nSPS) is 11.5. The molecule has 2 aromatic rings. The molecule has 0 spiro atoms. The van der Waals surface area contributed by atoms with Gasteiger partial charge in [0.15, 0.2) is 23.0 Å². The summed E-state index contributed by atoms with van der Waals surface area (Å²) in [6, 6.07) is 4.85. The zero-order chi connectivity index (χ0) is 15.8. The van der Waals surface area contributed by atoms with E-state index in [-0.39, 0.29) is 10.6 Å². The van der Waals surface area contributed by atoms with Crippen LogP contribution in [0.25, 0.3) is 5.69 Å². The predicted molar refractivity (Wildman–Crippen MR) is 80.7 cm³/mol. The standard InChI is InChI=1S/C13H13Cl2N2O3S/c1-8-5-11(10(15)6-9(8)14)17-4-3-12(20-2)13(7-17)21(16,18)19/h3-7H,1-2H3,(H2,16,18,19)/q+1. The van der Waals surface area contributed by atoms with E-state index in [1.165, 1.54) is 19.4 Å². The molecule has 1 aromatic heterocycles. The molecule has 1 aromatic carbocycles. The molecule has 0 amide bonds. The Bertz CT molecular complexity index is 807. The largest absolute Gasteiger partial charge is 0.495 e. The molecule has 0 radical (unpaired) electrons. The maximum Gasteiger partial charge on any atom is 0.247 e. The van der Waals surface area contributed by atoms with Gasteiger partial charge in [-0.15, -0.1) is 0 Å². The first kappa shape index (κ1) is 16.0. The first-order chi connectivity index (χ1) is 9.74. The van der Waals surface area contributed by atoms with Crippen molar-refractivity contribution < 1.29 is 17.7 Å². The van der Waals surface area contributed by atoms with E-state index < -0.39 is 10.0 Å². The number of hydrogen-bond donors (Lipinski definition) is 1. The van der Waals surface area contributed by atoms with Crippen LogP contribution < -0.4 is 14.4 Å². The molecule has 8 heteroatoms. The van der Waals surface area contributed by atoms with Gasteiger partial charge in [-0.3, -0.25) is 0 Å². The number of ether oxygens (including phenoxy) is 1. The molecule has 2 rings (SSSR count). The van der Waals surface area contributed by atoms with Crippen LogP contribution in [0.4, 0.5) is 0 Å². The Morgan fingerprint density at radius 3 is 2.48 bits per heavy atom. The lowest BCUT2D eigenvalue weighted by Gasteiger charge is -2.07. The van der Waals surface area contributed by atoms with E-state index in [9.17, 15) is 8.42 Å². The minimum Gasteiger partial charge on any atom is -0.495 e. The zero-order valence-electron chi connectivity index (χ0n) is 11.3. The maximum absolute atomic E-state index is 11.6. The fourth-order valence-corrected chi connectivity index (χ4v) is 3.01. The average molecular weight is 348 g/mol. The van der Waals surface area contributed by atoms with E-state index in [0.717, 1.165) is 5.56 Å². The van der Waals surface area contributed by atoms with Crippen molar-refractivity contribution in [1.82, 2.24) is 0 Å². The molecule has 0 atom stereocenters. The molecule has 0 unspecified atom stereocenters. The Morgan fingerprint density at radius 2 is 1.90 bits per heavy atom. The Morgan fingerprint density at radius 1 is 1.24 bits per heavy atom. The molecule has 0 aliphatic carbocycles. The van der Waals surface area contributed by atoms with Gasteiger partial charge >= 0.3 is 0 Å². The summed E-state index contributed by atoms with van der Waals surface area (Å²) in [6.07, 6.45) is 2.98. The molecule has 0 fully saturated rings. The van der Waals surface area contributed by atoms with Crippen molar-refractivity contribution in [2.75, 3.05) is 7.11 Å². The molecular weight excluding hydrogens is 335 g/mol. The predicted octanol–water partition coefficient (Wildman–Crippen LogP) is 2.23. The van der Waals surface area contributed by atoms with Crippen molar-refractivity contribution in [3.8, 4) is 11.4 Å². The molecule has 0 bridgehead atoms. The summed E-state index contributed by atoms with van der Waals surface area (Å²) in [7, 11) is -2.55. The van der Waals surface area contributed by atoms with Crippen LogP contribution in [-0.2, 0) is 10.0 Å². The van der Waals surface area contributed by atoms with Crippen molar-refractivity contribution >= 4 is 33.2 Å². The summed E-state index contributed by atoms with van der Waals surface area (Å²) in [5.41, 5.74) is 1.41. The number of rotatable bonds is 3. The highest BCUT2D eigenvalue weighted by Crippen LogP contribution is 2.26. The van der Waals surface area contributed by atoms with Gasteiger partial charge in [0, 0.05) is 17.2 Å². The van der Waals surface area contributed by atoms with Gasteiger partial charge < -0.3 is 4.74 Å². The highest BCUT2D eigenvalue weighted by atomic mass is 35.5. The van der Waals surface area contributed by atoms with E-state index in [0.29, 0.717) is 15.7 Å². The molecule has 112 valence electrons. The molecule has 21 heavy (non-hydrogen) atoms. The first-order valence-corrected chi connectivity index (χ1v) is 8.12. The number of benzene rings is 1. The van der Waals surface area contributed by atoms with Gasteiger partial charge in [0.2, 0.25) is 15.7 Å². The average Bonchev–Trinajstić information content (AvgIpc) is 2.41. The van der Waals surface area contributed by atoms with E-state index in [4.69, 9.17) is 33.1 Å². The minimum atomic E-state index is -3.92. The Labute approximate surface area is 132 Å². The number of aromatic nitrogens is 1. The lowest BCUT2D eigenvalue weighted by atomic mass is 10.2. The third-order valence-corrected chi connectivity index (χ3v) is 4.55. The van der Waals surface area contributed by atoms with Crippen LogP contribution in [0.15, 0.2) is 35.5 Å². The first-order valence-electron chi connectivity index (χ1n) is 5.82. The molecule has 0 aliphatic heterocycles. The lowest BCUT2D eigenvalue weighted by Crippen LogP contribution is -2.32. The number of aryl methyl sites for hydroxylation is 1. The van der Waals surface area contributed by atoms with Crippen LogP contribution in [0.1, 0.15) is 5.56 Å². The zero-order valence-corrected chi connectivity index (χ0v) is 13.6. The van der Waals surface area contributed by atoms with Crippen LogP contribution in [0.3, 0.4) is 0 Å². The van der Waals surface area contributed by atoms with Gasteiger partial charge in [0.1, 0.15) is 5.02 Å². The Hall–Kier alpha value is -1.34. The molecule has 0 saturated carbocycles. The van der Waals surface area contributed by atoms with E-state index in [2.05, 4.69) is 0 Å². The van der Waals surface area contributed by atoms with E-state index in [1.54, 1.807) is 22.9 Å². The molecule has 2 N–H and O–H groups in total. The van der Waals surface area contributed by atoms with Gasteiger partial charge in [-0.2, -0.15) is 4.57 Å².